The zero-order valence-corrected chi connectivity index (χ0v) is 14.4. The minimum absolute atomic E-state index is 0.454. The van der Waals surface area contributed by atoms with Gasteiger partial charge in [-0.2, -0.15) is 0 Å². The van der Waals surface area contributed by atoms with Gasteiger partial charge in [0.2, 0.25) is 0 Å². The van der Waals surface area contributed by atoms with Crippen LogP contribution in [0.15, 0.2) is 114 Å². The molecule has 0 aliphatic rings. The number of rotatable bonds is 6. The molecule has 1 heterocycles. The topological polar surface area (TPSA) is 22.4 Å². The fourth-order valence-electron chi connectivity index (χ4n) is 3.33. The van der Waals surface area contributed by atoms with E-state index in [1.54, 1.807) is 12.5 Å². The first-order valence-corrected chi connectivity index (χ1v) is 8.71. The second kappa shape index (κ2) is 7.42. The first kappa shape index (κ1) is 16.4. The molecule has 1 aromatic heterocycles. The van der Waals surface area contributed by atoms with Gasteiger partial charge in [0.15, 0.2) is 0 Å². The molecule has 2 heteroatoms. The zero-order valence-electron chi connectivity index (χ0n) is 14.4. The maximum Gasteiger partial charge on any atom is 0.144 e. The molecule has 0 spiro atoms. The normalized spacial score (nSPS) is 11.4. The van der Waals surface area contributed by atoms with E-state index in [4.69, 9.17) is 9.15 Å². The summed E-state index contributed by atoms with van der Waals surface area (Å²) in [5, 5.41) is 0. The van der Waals surface area contributed by atoms with Crippen molar-refractivity contribution in [2.24, 2.45) is 0 Å². The van der Waals surface area contributed by atoms with Gasteiger partial charge >= 0.3 is 0 Å². The molecule has 0 saturated heterocycles. The van der Waals surface area contributed by atoms with Crippen LogP contribution in [0.4, 0.5) is 0 Å². The number of ether oxygens (including phenoxy) is 1. The maximum absolute atomic E-state index is 6.67. The molecule has 26 heavy (non-hydrogen) atoms. The molecule has 2 nitrogen and oxygen atoms in total. The summed E-state index contributed by atoms with van der Waals surface area (Å²) in [4.78, 5) is 0. The lowest BCUT2D eigenvalue weighted by molar-refractivity contribution is 0.0000427. The molecule has 0 aliphatic heterocycles. The van der Waals surface area contributed by atoms with E-state index in [1.165, 1.54) is 0 Å². The van der Waals surface area contributed by atoms with E-state index in [1.807, 2.05) is 24.3 Å². The highest BCUT2D eigenvalue weighted by atomic mass is 16.5. The molecule has 0 saturated carbocycles. The summed E-state index contributed by atoms with van der Waals surface area (Å²) in [7, 11) is 0. The van der Waals surface area contributed by atoms with Gasteiger partial charge in [0, 0.05) is 5.56 Å². The molecule has 0 N–H and O–H groups in total. The van der Waals surface area contributed by atoms with Gasteiger partial charge in [-0.05, 0) is 22.8 Å². The van der Waals surface area contributed by atoms with E-state index in [2.05, 4.69) is 72.8 Å². The zero-order chi connectivity index (χ0) is 17.7. The lowest BCUT2D eigenvalue weighted by atomic mass is 9.80. The average Bonchev–Trinajstić information content (AvgIpc) is 3.25. The molecule has 0 unspecified atom stereocenters. The first-order chi connectivity index (χ1) is 12.9. The number of furan rings is 1. The molecule has 0 bridgehead atoms. The van der Waals surface area contributed by atoms with Crippen molar-refractivity contribution in [3.05, 3.63) is 132 Å². The molecular formula is C24H20O2. The van der Waals surface area contributed by atoms with Crippen LogP contribution in [0.1, 0.15) is 22.3 Å². The van der Waals surface area contributed by atoms with Crippen LogP contribution in [0.2, 0.25) is 0 Å². The molecule has 0 fully saturated rings. The Hall–Kier alpha value is -3.10. The van der Waals surface area contributed by atoms with E-state index < -0.39 is 5.60 Å². The lowest BCUT2D eigenvalue weighted by Gasteiger charge is -2.35. The molecule has 0 atom stereocenters. The summed E-state index contributed by atoms with van der Waals surface area (Å²) in [6.07, 6.45) is 3.40. The summed E-state index contributed by atoms with van der Waals surface area (Å²) in [6.45, 7) is 0.454. The quantitative estimate of drug-likeness (QED) is 0.415. The van der Waals surface area contributed by atoms with Gasteiger partial charge in [0.05, 0.1) is 19.1 Å². The molecule has 0 radical (unpaired) electrons. The van der Waals surface area contributed by atoms with Gasteiger partial charge in [-0.15, -0.1) is 0 Å². The highest BCUT2D eigenvalue weighted by molar-refractivity contribution is 5.47. The van der Waals surface area contributed by atoms with Crippen LogP contribution in [0.3, 0.4) is 0 Å². The molecule has 4 aromatic rings. The standard InChI is InChI=1S/C24H20O2/c1-4-10-21(11-5-1)24(22-12-6-2-7-13-22,23-14-8-3-9-15-23)26-19-20-16-17-25-18-20/h1-18H,19H2. The van der Waals surface area contributed by atoms with Crippen molar-refractivity contribution >= 4 is 0 Å². The van der Waals surface area contributed by atoms with Crippen LogP contribution < -0.4 is 0 Å². The second-order valence-electron chi connectivity index (χ2n) is 6.20. The van der Waals surface area contributed by atoms with Gasteiger partial charge in [-0.25, -0.2) is 0 Å². The van der Waals surface area contributed by atoms with Crippen LogP contribution in [-0.4, -0.2) is 0 Å². The fraction of sp³-hybridized carbons (Fsp3) is 0.0833. The smallest absolute Gasteiger partial charge is 0.144 e. The van der Waals surface area contributed by atoms with Crippen molar-refractivity contribution in [1.29, 1.82) is 0 Å². The predicted octanol–water partition coefficient (Wildman–Crippen LogP) is 5.79. The first-order valence-electron chi connectivity index (χ1n) is 8.71. The summed E-state index contributed by atoms with van der Waals surface area (Å²) in [5.74, 6) is 0. The molecular weight excluding hydrogens is 320 g/mol. The number of hydrogen-bond acceptors (Lipinski definition) is 2. The molecule has 128 valence electrons. The third-order valence-electron chi connectivity index (χ3n) is 4.58. The minimum Gasteiger partial charge on any atom is -0.472 e. The number of hydrogen-bond donors (Lipinski definition) is 0. The Morgan fingerprint density at radius 1 is 0.615 bits per heavy atom. The van der Waals surface area contributed by atoms with Gasteiger partial charge in [0.1, 0.15) is 5.60 Å². The Morgan fingerprint density at radius 3 is 1.46 bits per heavy atom. The molecule has 4 rings (SSSR count). The van der Waals surface area contributed by atoms with Crippen molar-refractivity contribution in [3.8, 4) is 0 Å². The Morgan fingerprint density at radius 2 is 1.08 bits per heavy atom. The molecule has 3 aromatic carbocycles. The predicted molar refractivity (Wildman–Crippen MR) is 103 cm³/mol. The number of benzene rings is 3. The third-order valence-corrected chi connectivity index (χ3v) is 4.58. The highest BCUT2D eigenvalue weighted by Gasteiger charge is 2.37. The average molecular weight is 340 g/mol. The van der Waals surface area contributed by atoms with Crippen LogP contribution in [-0.2, 0) is 16.9 Å². The van der Waals surface area contributed by atoms with Gasteiger partial charge in [-0.1, -0.05) is 91.0 Å². The molecule has 0 aliphatic carbocycles. The van der Waals surface area contributed by atoms with Crippen LogP contribution in [0, 0.1) is 0 Å². The van der Waals surface area contributed by atoms with Gasteiger partial charge < -0.3 is 9.15 Å². The summed E-state index contributed by atoms with van der Waals surface area (Å²) < 4.78 is 11.9. The van der Waals surface area contributed by atoms with E-state index >= 15 is 0 Å². The van der Waals surface area contributed by atoms with E-state index in [0.29, 0.717) is 6.61 Å². The summed E-state index contributed by atoms with van der Waals surface area (Å²) in [6, 6.07) is 33.1. The van der Waals surface area contributed by atoms with Crippen molar-refractivity contribution < 1.29 is 9.15 Å². The van der Waals surface area contributed by atoms with Crippen molar-refractivity contribution in [2.75, 3.05) is 0 Å². The SMILES string of the molecule is c1ccc(C(OCc2ccoc2)(c2ccccc2)c2ccccc2)cc1. The van der Waals surface area contributed by atoms with Crippen molar-refractivity contribution in [2.45, 2.75) is 12.2 Å². The van der Waals surface area contributed by atoms with Gasteiger partial charge in [-0.3, -0.25) is 0 Å². The van der Waals surface area contributed by atoms with Gasteiger partial charge in [0.25, 0.3) is 0 Å². The van der Waals surface area contributed by atoms with Crippen LogP contribution >= 0.6 is 0 Å². The van der Waals surface area contributed by atoms with E-state index in [0.717, 1.165) is 22.3 Å². The second-order valence-corrected chi connectivity index (χ2v) is 6.20. The lowest BCUT2D eigenvalue weighted by Crippen LogP contribution is -2.32. The van der Waals surface area contributed by atoms with E-state index in [-0.39, 0.29) is 0 Å². The Balaban J connectivity index is 1.90. The largest absolute Gasteiger partial charge is 0.472 e. The van der Waals surface area contributed by atoms with Crippen LogP contribution in [0.5, 0.6) is 0 Å². The Bertz CT molecular complexity index is 817. The Labute approximate surface area is 153 Å². The monoisotopic (exact) mass is 340 g/mol. The molecule has 0 amide bonds. The van der Waals surface area contributed by atoms with Crippen molar-refractivity contribution in [1.82, 2.24) is 0 Å². The summed E-state index contributed by atoms with van der Waals surface area (Å²) >= 11 is 0. The summed E-state index contributed by atoms with van der Waals surface area (Å²) in [5.41, 5.74) is 3.61. The Kier molecular flexibility index (Phi) is 4.67. The third kappa shape index (κ3) is 3.07. The highest BCUT2D eigenvalue weighted by Crippen LogP contribution is 2.41. The van der Waals surface area contributed by atoms with E-state index in [9.17, 15) is 0 Å². The fourth-order valence-corrected chi connectivity index (χ4v) is 3.33. The van der Waals surface area contributed by atoms with Crippen LogP contribution in [0.25, 0.3) is 0 Å². The van der Waals surface area contributed by atoms with Crippen molar-refractivity contribution in [3.63, 3.8) is 0 Å². The minimum atomic E-state index is -0.693. The maximum atomic E-state index is 6.67.